The highest BCUT2D eigenvalue weighted by Crippen LogP contribution is 2.22. The van der Waals surface area contributed by atoms with Crippen LogP contribution in [0, 0.1) is 13.8 Å². The minimum atomic E-state index is -0.331. The Morgan fingerprint density at radius 3 is 2.11 bits per heavy atom. The van der Waals surface area contributed by atoms with Gasteiger partial charge in [-0.2, -0.15) is 0 Å². The number of aromatic nitrogens is 2. The normalized spacial score (nSPS) is 15.1. The van der Waals surface area contributed by atoms with E-state index >= 15 is 0 Å². The maximum Gasteiger partial charge on any atom is 0.319 e. The molecule has 0 unspecified atom stereocenters. The van der Waals surface area contributed by atoms with Gasteiger partial charge in [-0.15, -0.1) is 0 Å². The summed E-state index contributed by atoms with van der Waals surface area (Å²) >= 11 is 0. The van der Waals surface area contributed by atoms with E-state index in [0.29, 0.717) is 19.1 Å². The Morgan fingerprint density at radius 1 is 1.11 bits per heavy atom. The number of pyridine rings is 2. The number of hydrogen-bond donors (Lipinski definition) is 2. The van der Waals surface area contributed by atoms with Crippen LogP contribution in [-0.2, 0) is 13.1 Å². The summed E-state index contributed by atoms with van der Waals surface area (Å²) in [5, 5.41) is 11.4. The first-order valence-corrected chi connectivity index (χ1v) is 9.77. The molecule has 0 atom stereocenters. The van der Waals surface area contributed by atoms with Gasteiger partial charge in [0.15, 0.2) is 0 Å². The molecule has 2 aromatic rings. The molecule has 0 aliphatic carbocycles. The third-order valence-corrected chi connectivity index (χ3v) is 5.44. The second-order valence-corrected chi connectivity index (χ2v) is 7.30. The number of nitrogens with one attached hydrogen (secondary N) is 1. The topological polar surface area (TPSA) is 81.6 Å². The maximum absolute atomic E-state index is 12.0. The minimum Gasteiger partial charge on any atom is -0.376 e. The molecule has 0 aromatic carbocycles. The lowest BCUT2D eigenvalue weighted by molar-refractivity contribution is 0.101. The first-order valence-electron chi connectivity index (χ1n) is 9.77. The van der Waals surface area contributed by atoms with Gasteiger partial charge in [-0.1, -0.05) is 12.1 Å². The van der Waals surface area contributed by atoms with Crippen LogP contribution in [0.5, 0.6) is 0 Å². The number of piperidine rings is 1. The fourth-order valence-electron chi connectivity index (χ4n) is 3.68. The van der Waals surface area contributed by atoms with Crippen LogP contribution in [0.25, 0.3) is 0 Å². The number of hydrogen-bond acceptors (Lipinski definition) is 5. The lowest BCUT2D eigenvalue weighted by Gasteiger charge is -2.38. The number of aryl methyl sites for hydroxylation is 2. The van der Waals surface area contributed by atoms with Crippen molar-refractivity contribution in [1.29, 1.82) is 0 Å². The van der Waals surface area contributed by atoms with Crippen LogP contribution in [-0.4, -0.2) is 56.8 Å². The van der Waals surface area contributed by atoms with E-state index in [1.165, 1.54) is 11.1 Å². The molecule has 0 radical (unpaired) electrons. The van der Waals surface area contributed by atoms with Crippen molar-refractivity contribution in [2.45, 2.75) is 45.8 Å². The molecule has 28 heavy (non-hydrogen) atoms. The number of likely N-dealkylation sites (tertiary alicyclic amines) is 1. The van der Waals surface area contributed by atoms with Crippen LogP contribution in [0.15, 0.2) is 36.7 Å². The molecule has 7 heteroatoms. The second-order valence-electron chi connectivity index (χ2n) is 7.30. The van der Waals surface area contributed by atoms with Crippen LogP contribution in [0.4, 0.5) is 4.79 Å². The van der Waals surface area contributed by atoms with Crippen molar-refractivity contribution in [2.24, 2.45) is 0 Å². The Morgan fingerprint density at radius 2 is 1.64 bits per heavy atom. The largest absolute Gasteiger partial charge is 0.376 e. The van der Waals surface area contributed by atoms with E-state index in [4.69, 9.17) is 5.11 Å². The van der Waals surface area contributed by atoms with E-state index in [1.54, 1.807) is 4.90 Å². The first-order chi connectivity index (χ1) is 13.6. The molecular formula is C21H29N5O2. The number of rotatable bonds is 6. The number of nitrogens with zero attached hydrogens (tertiary/aromatic N) is 4. The summed E-state index contributed by atoms with van der Waals surface area (Å²) in [7, 11) is 0. The Hall–Kier alpha value is -2.51. The van der Waals surface area contributed by atoms with Gasteiger partial charge < -0.3 is 15.3 Å². The molecular weight excluding hydrogens is 354 g/mol. The van der Waals surface area contributed by atoms with Crippen LogP contribution in [0.1, 0.15) is 35.4 Å². The first kappa shape index (κ1) is 20.2. The number of carbonyl (C=O) groups is 1. The molecule has 1 aliphatic heterocycles. The van der Waals surface area contributed by atoms with Gasteiger partial charge in [0.25, 0.3) is 0 Å². The molecule has 1 saturated heterocycles. The third-order valence-electron chi connectivity index (χ3n) is 5.44. The number of amides is 2. The smallest absolute Gasteiger partial charge is 0.319 e. The Bertz CT molecular complexity index is 742. The summed E-state index contributed by atoms with van der Waals surface area (Å²) < 4.78 is 0. The molecule has 1 fully saturated rings. The molecule has 3 heterocycles. The zero-order chi connectivity index (χ0) is 19.9. The van der Waals surface area contributed by atoms with Gasteiger partial charge in [-0.05, 0) is 49.9 Å². The van der Waals surface area contributed by atoms with E-state index in [0.717, 1.165) is 37.3 Å². The zero-order valence-corrected chi connectivity index (χ0v) is 16.6. The van der Waals surface area contributed by atoms with Crippen molar-refractivity contribution in [3.63, 3.8) is 0 Å². The monoisotopic (exact) mass is 383 g/mol. The highest BCUT2D eigenvalue weighted by Gasteiger charge is 2.28. The lowest BCUT2D eigenvalue weighted by atomic mass is 10.0. The molecule has 2 amide bonds. The Balaban J connectivity index is 1.74. The van der Waals surface area contributed by atoms with E-state index in [1.807, 2.05) is 24.5 Å². The number of aliphatic hydroxyl groups is 1. The Labute approximate surface area is 166 Å². The van der Waals surface area contributed by atoms with E-state index in [2.05, 4.69) is 46.2 Å². The second kappa shape index (κ2) is 9.61. The van der Waals surface area contributed by atoms with Crippen LogP contribution in [0.3, 0.4) is 0 Å². The number of urea groups is 1. The zero-order valence-electron chi connectivity index (χ0n) is 16.6. The number of aliphatic hydroxyl groups excluding tert-OH is 1. The molecule has 0 spiro atoms. The average molecular weight is 383 g/mol. The lowest BCUT2D eigenvalue weighted by Crippen LogP contribution is -2.49. The molecule has 7 nitrogen and oxygen atoms in total. The highest BCUT2D eigenvalue weighted by atomic mass is 16.3. The third kappa shape index (κ3) is 5.05. The van der Waals surface area contributed by atoms with Gasteiger partial charge >= 0.3 is 6.03 Å². The quantitative estimate of drug-likeness (QED) is 0.748. The van der Waals surface area contributed by atoms with E-state index in [-0.39, 0.29) is 12.8 Å². The van der Waals surface area contributed by atoms with Gasteiger partial charge in [-0.3, -0.25) is 14.9 Å². The predicted octanol–water partition coefficient (Wildman–Crippen LogP) is 2.22. The standard InChI is InChI=1S/C21H29N5O2/c1-16-5-3-9-22-19(16)13-26(14-20-17(2)6-4-10-23-20)18-7-11-25(12-8-18)21(28)24-15-27/h3-6,9-10,18,27H,7-8,11-15H2,1-2H3,(H,24,28). The Kier molecular flexibility index (Phi) is 6.95. The molecule has 0 saturated carbocycles. The summed E-state index contributed by atoms with van der Waals surface area (Å²) in [5.41, 5.74) is 4.53. The van der Waals surface area contributed by atoms with Crippen molar-refractivity contribution in [3.05, 3.63) is 59.2 Å². The summed E-state index contributed by atoms with van der Waals surface area (Å²) in [4.78, 5) is 25.3. The van der Waals surface area contributed by atoms with Crippen molar-refractivity contribution in [2.75, 3.05) is 19.8 Å². The van der Waals surface area contributed by atoms with Crippen molar-refractivity contribution in [1.82, 2.24) is 25.1 Å². The van der Waals surface area contributed by atoms with Gasteiger partial charge in [-0.25, -0.2) is 4.79 Å². The van der Waals surface area contributed by atoms with E-state index < -0.39 is 0 Å². The fourth-order valence-corrected chi connectivity index (χ4v) is 3.68. The summed E-state index contributed by atoms with van der Waals surface area (Å²) in [6.07, 6.45) is 5.45. The maximum atomic E-state index is 12.0. The van der Waals surface area contributed by atoms with Crippen LogP contribution >= 0.6 is 0 Å². The number of carbonyl (C=O) groups excluding carboxylic acids is 1. The summed E-state index contributed by atoms with van der Waals surface area (Å²) in [5.74, 6) is 0. The fraction of sp³-hybridized carbons (Fsp3) is 0.476. The average Bonchev–Trinajstić information content (AvgIpc) is 2.71. The molecule has 3 rings (SSSR count). The molecule has 1 aliphatic rings. The minimum absolute atomic E-state index is 0.200. The van der Waals surface area contributed by atoms with Gasteiger partial charge in [0, 0.05) is 44.6 Å². The van der Waals surface area contributed by atoms with Gasteiger partial charge in [0.1, 0.15) is 6.73 Å². The summed E-state index contributed by atoms with van der Waals surface area (Å²) in [6.45, 7) is 6.72. The summed E-state index contributed by atoms with van der Waals surface area (Å²) in [6, 6.07) is 8.26. The van der Waals surface area contributed by atoms with Crippen LogP contribution in [0.2, 0.25) is 0 Å². The highest BCUT2D eigenvalue weighted by molar-refractivity contribution is 5.74. The predicted molar refractivity (Wildman–Crippen MR) is 107 cm³/mol. The molecule has 2 aromatic heterocycles. The SMILES string of the molecule is Cc1cccnc1CN(Cc1ncccc1C)C1CCN(C(=O)NCO)CC1. The van der Waals surface area contributed by atoms with Crippen molar-refractivity contribution < 1.29 is 9.90 Å². The van der Waals surface area contributed by atoms with Gasteiger partial charge in [0.05, 0.1) is 11.4 Å². The van der Waals surface area contributed by atoms with E-state index in [9.17, 15) is 4.79 Å². The van der Waals surface area contributed by atoms with Crippen LogP contribution < -0.4 is 5.32 Å². The van der Waals surface area contributed by atoms with Crippen molar-refractivity contribution in [3.8, 4) is 0 Å². The molecule has 150 valence electrons. The molecule has 2 N–H and O–H groups in total. The molecule has 0 bridgehead atoms. The van der Waals surface area contributed by atoms with Gasteiger partial charge in [0.2, 0.25) is 0 Å². The van der Waals surface area contributed by atoms with Crippen molar-refractivity contribution >= 4 is 6.03 Å².